The molecule has 1 aliphatic rings. The fourth-order valence-corrected chi connectivity index (χ4v) is 4.09. The van der Waals surface area contributed by atoms with Crippen LogP contribution < -0.4 is 5.32 Å². The van der Waals surface area contributed by atoms with E-state index in [2.05, 4.69) is 5.32 Å². The topological polar surface area (TPSA) is 58.6 Å². The number of piperidine rings is 1. The number of nitrogens with one attached hydrogen (secondary N) is 1. The van der Waals surface area contributed by atoms with Gasteiger partial charge in [0.05, 0.1) is 12.0 Å². The average Bonchev–Trinajstić information content (AvgIpc) is 2.73. The number of hydrogen-bond donors (Lipinski definition) is 1. The van der Waals surface area contributed by atoms with Gasteiger partial charge < -0.3 is 15.0 Å². The number of carbonyl (C=O) groups is 2. The molecule has 0 aromatic heterocycles. The summed E-state index contributed by atoms with van der Waals surface area (Å²) in [5, 5.41) is 4.16. The Bertz CT molecular complexity index is 907. The predicted molar refractivity (Wildman–Crippen MR) is 120 cm³/mol. The van der Waals surface area contributed by atoms with Gasteiger partial charge in [-0.15, -0.1) is 0 Å². The number of likely N-dealkylation sites (tertiary alicyclic amines) is 1. The number of nitrogens with zero attached hydrogens (tertiary/aromatic N) is 1. The van der Waals surface area contributed by atoms with Crippen LogP contribution in [0.15, 0.2) is 42.5 Å². The number of esters is 1. The molecule has 5 nitrogen and oxygen atoms in total. The first-order valence-electron chi connectivity index (χ1n) is 10.1. The number of benzene rings is 2. The minimum Gasteiger partial charge on any atom is -0.466 e. The van der Waals surface area contributed by atoms with Crippen LogP contribution in [0.25, 0.3) is 0 Å². The van der Waals surface area contributed by atoms with Gasteiger partial charge in [0, 0.05) is 28.8 Å². The fourth-order valence-electron chi connectivity index (χ4n) is 3.79. The van der Waals surface area contributed by atoms with Gasteiger partial charge in [0.15, 0.2) is 0 Å². The molecule has 2 aromatic rings. The van der Waals surface area contributed by atoms with Gasteiger partial charge in [-0.25, -0.2) is 4.79 Å². The van der Waals surface area contributed by atoms with E-state index in [1.54, 1.807) is 17.0 Å². The summed E-state index contributed by atoms with van der Waals surface area (Å²) in [6, 6.07) is 12.7. The summed E-state index contributed by atoms with van der Waals surface area (Å²) in [5.41, 5.74) is 2.01. The number of anilines is 1. The van der Waals surface area contributed by atoms with Crippen molar-refractivity contribution in [2.24, 2.45) is 5.41 Å². The summed E-state index contributed by atoms with van der Waals surface area (Å²) in [4.78, 5) is 27.4. The molecule has 1 aliphatic heterocycles. The van der Waals surface area contributed by atoms with Crippen molar-refractivity contribution in [2.75, 3.05) is 25.0 Å². The molecule has 1 N–H and O–H groups in total. The third-order valence-electron chi connectivity index (χ3n) is 5.61. The summed E-state index contributed by atoms with van der Waals surface area (Å²) in [6.45, 7) is 5.00. The molecule has 160 valence electrons. The molecule has 0 radical (unpaired) electrons. The maximum atomic E-state index is 12.9. The van der Waals surface area contributed by atoms with E-state index in [0.717, 1.165) is 11.1 Å². The molecule has 2 amide bonds. The molecule has 0 aliphatic carbocycles. The highest BCUT2D eigenvalue weighted by Gasteiger charge is 2.43. The highest BCUT2D eigenvalue weighted by molar-refractivity contribution is 6.31. The Balaban J connectivity index is 1.70. The van der Waals surface area contributed by atoms with Crippen molar-refractivity contribution >= 4 is 40.9 Å². The van der Waals surface area contributed by atoms with E-state index >= 15 is 0 Å². The molecular weight excluding hydrogens is 423 g/mol. The Morgan fingerprint density at radius 1 is 1.07 bits per heavy atom. The summed E-state index contributed by atoms with van der Waals surface area (Å²) in [7, 11) is 0. The number of aryl methyl sites for hydroxylation is 1. The number of hydrogen-bond acceptors (Lipinski definition) is 3. The smallest absolute Gasteiger partial charge is 0.321 e. The molecule has 0 atom stereocenters. The third-order valence-corrected chi connectivity index (χ3v) is 6.10. The van der Waals surface area contributed by atoms with Crippen molar-refractivity contribution in [1.29, 1.82) is 0 Å². The molecule has 0 saturated carbocycles. The minimum atomic E-state index is -0.646. The Morgan fingerprint density at radius 2 is 1.70 bits per heavy atom. The molecule has 0 unspecified atom stereocenters. The van der Waals surface area contributed by atoms with Crippen LogP contribution in [0.1, 0.15) is 30.9 Å². The Labute approximate surface area is 187 Å². The number of urea groups is 1. The Morgan fingerprint density at radius 3 is 2.33 bits per heavy atom. The van der Waals surface area contributed by atoms with Crippen LogP contribution in [-0.2, 0) is 16.0 Å². The minimum absolute atomic E-state index is 0.190. The van der Waals surface area contributed by atoms with Crippen LogP contribution in [0, 0.1) is 12.3 Å². The number of ether oxygens (including phenoxy) is 1. The van der Waals surface area contributed by atoms with Gasteiger partial charge in [-0.2, -0.15) is 0 Å². The second-order valence-electron chi connectivity index (χ2n) is 7.68. The number of halogens is 2. The highest BCUT2D eigenvalue weighted by Crippen LogP contribution is 2.37. The summed E-state index contributed by atoms with van der Waals surface area (Å²) < 4.78 is 5.40. The molecule has 1 heterocycles. The van der Waals surface area contributed by atoms with Crippen molar-refractivity contribution in [1.82, 2.24) is 4.90 Å². The average molecular weight is 449 g/mol. The molecule has 3 rings (SSSR count). The molecular formula is C23H26Cl2N2O3. The standard InChI is InChI=1S/C23H26Cl2N2O3/c1-3-30-21(28)23(15-17-5-8-18(24)9-6-17)10-12-27(13-11-23)22(29)26-20-14-19(25)7-4-16(20)2/h4-9,14H,3,10-13,15H2,1-2H3,(H,26,29). The molecule has 1 fully saturated rings. The highest BCUT2D eigenvalue weighted by atomic mass is 35.5. The lowest BCUT2D eigenvalue weighted by Crippen LogP contribution is -2.49. The van der Waals surface area contributed by atoms with E-state index in [1.165, 1.54) is 0 Å². The number of rotatable bonds is 5. The Kier molecular flexibility index (Phi) is 7.27. The molecule has 2 aromatic carbocycles. The van der Waals surface area contributed by atoms with Gasteiger partial charge in [0.2, 0.25) is 0 Å². The van der Waals surface area contributed by atoms with Crippen LogP contribution in [0.2, 0.25) is 10.0 Å². The maximum Gasteiger partial charge on any atom is 0.321 e. The van der Waals surface area contributed by atoms with Crippen molar-refractivity contribution in [3.8, 4) is 0 Å². The van der Waals surface area contributed by atoms with Crippen LogP contribution >= 0.6 is 23.2 Å². The second kappa shape index (κ2) is 9.71. The first-order valence-corrected chi connectivity index (χ1v) is 10.8. The lowest BCUT2D eigenvalue weighted by atomic mass is 9.73. The lowest BCUT2D eigenvalue weighted by Gasteiger charge is -2.40. The van der Waals surface area contributed by atoms with E-state index in [9.17, 15) is 9.59 Å². The van der Waals surface area contributed by atoms with Crippen molar-refractivity contribution in [3.63, 3.8) is 0 Å². The van der Waals surface area contributed by atoms with Gasteiger partial charge >= 0.3 is 12.0 Å². The van der Waals surface area contributed by atoms with Gasteiger partial charge in [-0.1, -0.05) is 41.4 Å². The number of carbonyl (C=O) groups excluding carboxylic acids is 2. The quantitative estimate of drug-likeness (QED) is 0.594. The largest absolute Gasteiger partial charge is 0.466 e. The van der Waals surface area contributed by atoms with E-state index in [-0.39, 0.29) is 12.0 Å². The van der Waals surface area contributed by atoms with Crippen LogP contribution in [0.3, 0.4) is 0 Å². The van der Waals surface area contributed by atoms with Gasteiger partial charge in [-0.05, 0) is 68.5 Å². The summed E-state index contributed by atoms with van der Waals surface area (Å²) in [6.07, 6.45) is 1.64. The molecule has 1 saturated heterocycles. The zero-order valence-electron chi connectivity index (χ0n) is 17.2. The molecule has 0 spiro atoms. The monoisotopic (exact) mass is 448 g/mol. The first-order chi connectivity index (χ1) is 14.3. The molecule has 0 bridgehead atoms. The molecule has 30 heavy (non-hydrogen) atoms. The number of amides is 2. The Hall–Kier alpha value is -2.24. The van der Waals surface area contributed by atoms with E-state index in [0.29, 0.717) is 54.7 Å². The molecule has 7 heteroatoms. The van der Waals surface area contributed by atoms with Gasteiger partial charge in [0.25, 0.3) is 0 Å². The van der Waals surface area contributed by atoms with Gasteiger partial charge in [0.1, 0.15) is 0 Å². The predicted octanol–water partition coefficient (Wildman–Crippen LogP) is 5.72. The fraction of sp³-hybridized carbons (Fsp3) is 0.391. The maximum absolute atomic E-state index is 12.9. The first kappa shape index (κ1) is 22.4. The lowest BCUT2D eigenvalue weighted by molar-refractivity contribution is -0.158. The van der Waals surface area contributed by atoms with Crippen molar-refractivity contribution in [3.05, 3.63) is 63.6 Å². The zero-order valence-corrected chi connectivity index (χ0v) is 18.7. The van der Waals surface area contributed by atoms with Crippen molar-refractivity contribution < 1.29 is 14.3 Å². The third kappa shape index (κ3) is 5.27. The normalized spacial score (nSPS) is 15.5. The second-order valence-corrected chi connectivity index (χ2v) is 8.55. The van der Waals surface area contributed by atoms with Crippen LogP contribution in [-0.4, -0.2) is 36.6 Å². The summed E-state index contributed by atoms with van der Waals surface area (Å²) >= 11 is 12.0. The van der Waals surface area contributed by atoms with Crippen molar-refractivity contribution in [2.45, 2.75) is 33.1 Å². The van der Waals surface area contributed by atoms with E-state index in [1.807, 2.05) is 44.2 Å². The van der Waals surface area contributed by atoms with Gasteiger partial charge in [-0.3, -0.25) is 4.79 Å². The summed E-state index contributed by atoms with van der Waals surface area (Å²) in [5.74, 6) is -0.203. The van der Waals surface area contributed by atoms with Crippen LogP contribution in [0.5, 0.6) is 0 Å². The van der Waals surface area contributed by atoms with E-state index < -0.39 is 5.41 Å². The zero-order chi connectivity index (χ0) is 21.7. The van der Waals surface area contributed by atoms with Crippen LogP contribution in [0.4, 0.5) is 10.5 Å². The van der Waals surface area contributed by atoms with E-state index in [4.69, 9.17) is 27.9 Å². The SMILES string of the molecule is CCOC(=O)C1(Cc2ccc(Cl)cc2)CCN(C(=O)Nc2cc(Cl)ccc2C)CC1.